The van der Waals surface area contributed by atoms with E-state index in [4.69, 9.17) is 32.7 Å². The van der Waals surface area contributed by atoms with Gasteiger partial charge in [0.2, 0.25) is 5.91 Å². The summed E-state index contributed by atoms with van der Waals surface area (Å²) >= 11 is 12.3. The summed E-state index contributed by atoms with van der Waals surface area (Å²) < 4.78 is 11.2. The molecular formula is C20H21Cl2NO3. The molecule has 0 saturated carbocycles. The molecule has 0 aromatic heterocycles. The monoisotopic (exact) mass is 393 g/mol. The van der Waals surface area contributed by atoms with Crippen LogP contribution in [0, 0.1) is 0 Å². The highest BCUT2D eigenvalue weighted by Crippen LogP contribution is 2.31. The zero-order valence-corrected chi connectivity index (χ0v) is 16.4. The molecule has 0 aliphatic heterocycles. The van der Waals surface area contributed by atoms with Gasteiger partial charge in [-0.2, -0.15) is 0 Å². The quantitative estimate of drug-likeness (QED) is 0.664. The Morgan fingerprint density at radius 2 is 1.85 bits per heavy atom. The molecule has 0 aliphatic carbocycles. The van der Waals surface area contributed by atoms with Crippen molar-refractivity contribution in [3.05, 3.63) is 63.6 Å². The second-order valence-electron chi connectivity index (χ2n) is 5.90. The Labute approximate surface area is 163 Å². The van der Waals surface area contributed by atoms with E-state index >= 15 is 0 Å². The van der Waals surface area contributed by atoms with Crippen LogP contribution in [0.4, 0.5) is 0 Å². The van der Waals surface area contributed by atoms with Gasteiger partial charge in [0, 0.05) is 27.7 Å². The van der Waals surface area contributed by atoms with Crippen molar-refractivity contribution >= 4 is 35.2 Å². The van der Waals surface area contributed by atoms with Gasteiger partial charge in [-0.25, -0.2) is 0 Å². The Morgan fingerprint density at radius 1 is 1.15 bits per heavy atom. The van der Waals surface area contributed by atoms with Crippen LogP contribution in [0.1, 0.15) is 25.0 Å². The lowest BCUT2D eigenvalue weighted by Crippen LogP contribution is -2.28. The van der Waals surface area contributed by atoms with E-state index in [-0.39, 0.29) is 18.6 Å². The molecule has 2 rings (SSSR count). The molecule has 2 aromatic rings. The molecule has 138 valence electrons. The minimum atomic E-state index is -0.146. The number of halogens is 2. The molecule has 0 radical (unpaired) electrons. The van der Waals surface area contributed by atoms with E-state index in [9.17, 15) is 4.79 Å². The molecule has 0 atom stereocenters. The number of carbonyl (C=O) groups excluding carboxylic acids is 1. The van der Waals surface area contributed by atoms with Crippen molar-refractivity contribution in [2.45, 2.75) is 26.5 Å². The number of hydrogen-bond acceptors (Lipinski definition) is 3. The van der Waals surface area contributed by atoms with E-state index in [0.29, 0.717) is 27.1 Å². The first-order valence-electron chi connectivity index (χ1n) is 8.13. The van der Waals surface area contributed by atoms with Gasteiger partial charge in [0.25, 0.3) is 0 Å². The molecule has 1 N–H and O–H groups in total. The van der Waals surface area contributed by atoms with Gasteiger partial charge in [0.1, 0.15) is 6.61 Å². The van der Waals surface area contributed by atoms with Crippen molar-refractivity contribution in [1.29, 1.82) is 0 Å². The van der Waals surface area contributed by atoms with Crippen LogP contribution in [0.3, 0.4) is 0 Å². The highest BCUT2D eigenvalue weighted by Gasteiger charge is 2.10. The summed E-state index contributed by atoms with van der Waals surface area (Å²) in [5.41, 5.74) is 1.54. The molecule has 0 saturated heterocycles. The highest BCUT2D eigenvalue weighted by atomic mass is 35.5. The minimum Gasteiger partial charge on any atom is -0.493 e. The molecule has 26 heavy (non-hydrogen) atoms. The molecule has 0 fully saturated rings. The van der Waals surface area contributed by atoms with Crippen molar-refractivity contribution in [2.75, 3.05) is 7.11 Å². The van der Waals surface area contributed by atoms with Crippen LogP contribution in [-0.4, -0.2) is 19.1 Å². The lowest BCUT2D eigenvalue weighted by atomic mass is 10.2. The Bertz CT molecular complexity index is 783. The van der Waals surface area contributed by atoms with E-state index in [1.54, 1.807) is 43.5 Å². The first-order chi connectivity index (χ1) is 12.4. The summed E-state index contributed by atoms with van der Waals surface area (Å²) in [6, 6.07) is 10.8. The van der Waals surface area contributed by atoms with Gasteiger partial charge in [-0.3, -0.25) is 4.79 Å². The smallest absolute Gasteiger partial charge is 0.244 e. The lowest BCUT2D eigenvalue weighted by Gasteiger charge is -2.13. The van der Waals surface area contributed by atoms with Crippen LogP contribution in [0.2, 0.25) is 10.0 Å². The first-order valence-corrected chi connectivity index (χ1v) is 8.88. The van der Waals surface area contributed by atoms with Crippen LogP contribution >= 0.6 is 23.2 Å². The molecule has 4 nitrogen and oxygen atoms in total. The number of nitrogens with one attached hydrogen (secondary N) is 1. The number of rotatable bonds is 7. The van der Waals surface area contributed by atoms with Crippen LogP contribution in [-0.2, 0) is 11.4 Å². The molecule has 0 aliphatic rings. The zero-order valence-electron chi connectivity index (χ0n) is 14.9. The Morgan fingerprint density at radius 3 is 2.46 bits per heavy atom. The van der Waals surface area contributed by atoms with Crippen molar-refractivity contribution in [3.8, 4) is 11.5 Å². The summed E-state index contributed by atoms with van der Waals surface area (Å²) in [4.78, 5) is 11.7. The minimum absolute atomic E-state index is 0.0918. The SMILES string of the molecule is COc1cc(C=CC(=O)NC(C)C)ccc1OCc1c(Cl)cccc1Cl. The normalized spacial score (nSPS) is 11.0. The maximum absolute atomic E-state index is 11.7. The lowest BCUT2D eigenvalue weighted by molar-refractivity contribution is -0.116. The number of amides is 1. The van der Waals surface area contributed by atoms with Crippen molar-refractivity contribution < 1.29 is 14.3 Å². The van der Waals surface area contributed by atoms with Gasteiger partial charge in [0.15, 0.2) is 11.5 Å². The number of carbonyl (C=O) groups is 1. The fraction of sp³-hybridized carbons (Fsp3) is 0.250. The Hall–Kier alpha value is -2.17. The summed E-state index contributed by atoms with van der Waals surface area (Å²) in [5, 5.41) is 3.89. The van der Waals surface area contributed by atoms with E-state index in [1.807, 2.05) is 19.9 Å². The van der Waals surface area contributed by atoms with Gasteiger partial charge in [-0.15, -0.1) is 0 Å². The Kier molecular flexibility index (Phi) is 7.37. The van der Waals surface area contributed by atoms with Crippen molar-refractivity contribution in [2.24, 2.45) is 0 Å². The molecule has 6 heteroatoms. The maximum Gasteiger partial charge on any atom is 0.244 e. The second kappa shape index (κ2) is 9.51. The number of ether oxygens (including phenoxy) is 2. The van der Waals surface area contributed by atoms with E-state index in [0.717, 1.165) is 5.56 Å². The fourth-order valence-electron chi connectivity index (χ4n) is 2.23. The maximum atomic E-state index is 11.7. The molecule has 0 spiro atoms. The number of hydrogen-bond donors (Lipinski definition) is 1. The summed E-state index contributed by atoms with van der Waals surface area (Å²) in [5.74, 6) is 0.972. The predicted octanol–water partition coefficient (Wildman–Crippen LogP) is 5.12. The van der Waals surface area contributed by atoms with Gasteiger partial charge in [-0.1, -0.05) is 35.3 Å². The average molecular weight is 394 g/mol. The molecule has 0 heterocycles. The predicted molar refractivity (Wildman–Crippen MR) is 106 cm³/mol. The summed E-state index contributed by atoms with van der Waals surface area (Å²) in [6.45, 7) is 4.04. The van der Waals surface area contributed by atoms with Crippen molar-refractivity contribution in [3.63, 3.8) is 0 Å². The van der Waals surface area contributed by atoms with Crippen LogP contribution < -0.4 is 14.8 Å². The van der Waals surface area contributed by atoms with E-state index in [1.165, 1.54) is 6.08 Å². The average Bonchev–Trinajstić information content (AvgIpc) is 2.59. The third kappa shape index (κ3) is 5.68. The van der Waals surface area contributed by atoms with Crippen LogP contribution in [0.15, 0.2) is 42.5 Å². The molecule has 0 unspecified atom stereocenters. The third-order valence-electron chi connectivity index (χ3n) is 3.48. The molecule has 1 amide bonds. The standard InChI is InChI=1S/C20H21Cl2NO3/c1-13(2)23-20(24)10-8-14-7-9-18(19(11-14)25-3)26-12-15-16(21)5-4-6-17(15)22/h4-11,13H,12H2,1-3H3,(H,23,24). The number of methoxy groups -OCH3 is 1. The largest absolute Gasteiger partial charge is 0.493 e. The molecule has 2 aromatic carbocycles. The topological polar surface area (TPSA) is 47.6 Å². The third-order valence-corrected chi connectivity index (χ3v) is 4.19. The van der Waals surface area contributed by atoms with Crippen LogP contribution in [0.25, 0.3) is 6.08 Å². The van der Waals surface area contributed by atoms with Gasteiger partial charge in [-0.05, 0) is 49.8 Å². The molecule has 0 bridgehead atoms. The number of benzene rings is 2. The van der Waals surface area contributed by atoms with Gasteiger partial charge in [0.05, 0.1) is 7.11 Å². The molecular weight excluding hydrogens is 373 g/mol. The second-order valence-corrected chi connectivity index (χ2v) is 6.71. The van der Waals surface area contributed by atoms with Crippen LogP contribution in [0.5, 0.6) is 11.5 Å². The summed E-state index contributed by atoms with van der Waals surface area (Å²) in [7, 11) is 1.56. The zero-order chi connectivity index (χ0) is 19.1. The van der Waals surface area contributed by atoms with E-state index in [2.05, 4.69) is 5.32 Å². The van der Waals surface area contributed by atoms with Gasteiger partial charge < -0.3 is 14.8 Å². The van der Waals surface area contributed by atoms with Gasteiger partial charge >= 0.3 is 0 Å². The Balaban J connectivity index is 2.11. The highest BCUT2D eigenvalue weighted by molar-refractivity contribution is 6.35. The summed E-state index contributed by atoms with van der Waals surface area (Å²) in [6.07, 6.45) is 3.20. The first kappa shape index (κ1) is 20.1. The fourth-order valence-corrected chi connectivity index (χ4v) is 2.74. The van der Waals surface area contributed by atoms with Crippen molar-refractivity contribution in [1.82, 2.24) is 5.32 Å². The van der Waals surface area contributed by atoms with E-state index < -0.39 is 0 Å².